The van der Waals surface area contributed by atoms with Crippen LogP contribution in [0.25, 0.3) is 0 Å². The molecule has 0 bridgehead atoms. The summed E-state index contributed by atoms with van der Waals surface area (Å²) in [5.41, 5.74) is 0.0439. The Morgan fingerprint density at radius 1 is 1.12 bits per heavy atom. The van der Waals surface area contributed by atoms with Crippen molar-refractivity contribution < 1.29 is 23.5 Å². The number of carbonyl (C=O) groups excluding carboxylic acids is 3. The first-order valence-electron chi connectivity index (χ1n) is 7.75. The molecular formula is C16H20FN3O4. The Hall–Kier alpha value is -2.64. The lowest BCUT2D eigenvalue weighted by Gasteiger charge is -2.34. The van der Waals surface area contributed by atoms with Crippen LogP contribution in [0.4, 0.5) is 14.9 Å². The summed E-state index contributed by atoms with van der Waals surface area (Å²) >= 11 is 0. The van der Waals surface area contributed by atoms with Crippen LogP contribution in [0, 0.1) is 5.82 Å². The molecule has 0 radical (unpaired) electrons. The lowest BCUT2D eigenvalue weighted by atomic mass is 10.2. The van der Waals surface area contributed by atoms with Gasteiger partial charge in [0.15, 0.2) is 0 Å². The average Bonchev–Trinajstić information content (AvgIpc) is 2.57. The molecule has 1 heterocycles. The largest absolute Gasteiger partial charge is 0.450 e. The zero-order chi connectivity index (χ0) is 17.5. The van der Waals surface area contributed by atoms with Crippen molar-refractivity contribution in [3.05, 3.63) is 30.1 Å². The minimum absolute atomic E-state index is 0.0439. The number of ether oxygens (including phenoxy) is 1. The number of hydrogen-bond acceptors (Lipinski definition) is 4. The van der Waals surface area contributed by atoms with Gasteiger partial charge in [0.25, 0.3) is 0 Å². The molecule has 1 fully saturated rings. The normalized spacial score (nSPS) is 14.2. The molecule has 0 aromatic heterocycles. The molecule has 1 aromatic rings. The monoisotopic (exact) mass is 337 g/mol. The minimum Gasteiger partial charge on any atom is -0.450 e. The van der Waals surface area contributed by atoms with Crippen molar-refractivity contribution in [3.8, 4) is 0 Å². The van der Waals surface area contributed by atoms with Gasteiger partial charge < -0.3 is 19.9 Å². The number of rotatable bonds is 4. The maximum absolute atomic E-state index is 13.5. The van der Waals surface area contributed by atoms with Crippen molar-refractivity contribution >= 4 is 23.6 Å². The summed E-state index contributed by atoms with van der Waals surface area (Å²) in [6, 6.07) is 5.76. The third kappa shape index (κ3) is 4.68. The fourth-order valence-corrected chi connectivity index (χ4v) is 2.36. The van der Waals surface area contributed by atoms with E-state index in [4.69, 9.17) is 4.74 Å². The molecule has 0 aliphatic carbocycles. The highest BCUT2D eigenvalue weighted by molar-refractivity contribution is 6.03. The molecule has 2 rings (SSSR count). The van der Waals surface area contributed by atoms with E-state index in [9.17, 15) is 18.8 Å². The summed E-state index contributed by atoms with van der Waals surface area (Å²) in [6.07, 6.45) is -0.768. The lowest BCUT2D eigenvalue weighted by Crippen LogP contribution is -2.51. The van der Waals surface area contributed by atoms with Crippen molar-refractivity contribution in [3.63, 3.8) is 0 Å². The highest BCUT2D eigenvalue weighted by Crippen LogP contribution is 2.13. The smallest absolute Gasteiger partial charge is 0.409 e. The number of nitrogens with one attached hydrogen (secondary N) is 1. The second-order valence-corrected chi connectivity index (χ2v) is 5.27. The van der Waals surface area contributed by atoms with Crippen molar-refractivity contribution in [2.45, 2.75) is 13.3 Å². The van der Waals surface area contributed by atoms with Gasteiger partial charge in [-0.1, -0.05) is 12.1 Å². The predicted octanol–water partition coefficient (Wildman–Crippen LogP) is 1.45. The minimum atomic E-state index is -0.571. The van der Waals surface area contributed by atoms with Crippen LogP contribution in [0.15, 0.2) is 24.3 Å². The first-order chi connectivity index (χ1) is 11.5. The molecule has 1 N–H and O–H groups in total. The summed E-state index contributed by atoms with van der Waals surface area (Å²) in [4.78, 5) is 38.6. The predicted molar refractivity (Wildman–Crippen MR) is 84.8 cm³/mol. The summed E-state index contributed by atoms with van der Waals surface area (Å²) in [5.74, 6) is -1.48. The van der Waals surface area contributed by atoms with Gasteiger partial charge in [0.05, 0.1) is 12.3 Å². The Bertz CT molecular complexity index is 615. The average molecular weight is 337 g/mol. The summed E-state index contributed by atoms with van der Waals surface area (Å²) in [7, 11) is 0. The molecule has 1 aromatic carbocycles. The molecule has 1 aliphatic heterocycles. The standard InChI is InChI=1S/C16H20FN3O4/c1-2-24-16(23)20-9-7-19(8-10-20)15(22)11-14(21)18-13-6-4-3-5-12(13)17/h3-6H,2,7-11H2,1H3,(H,18,21). The van der Waals surface area contributed by atoms with Gasteiger partial charge in [-0.05, 0) is 19.1 Å². The van der Waals surface area contributed by atoms with Gasteiger partial charge in [-0.3, -0.25) is 9.59 Å². The van der Waals surface area contributed by atoms with Crippen molar-refractivity contribution in [1.29, 1.82) is 0 Å². The zero-order valence-corrected chi connectivity index (χ0v) is 13.5. The number of nitrogens with zero attached hydrogens (tertiary/aromatic N) is 2. The van der Waals surface area contributed by atoms with Crippen LogP contribution in [0.1, 0.15) is 13.3 Å². The maximum atomic E-state index is 13.5. The molecule has 7 nitrogen and oxygen atoms in total. The first kappa shape index (κ1) is 17.7. The number of hydrogen-bond donors (Lipinski definition) is 1. The number of amides is 3. The van der Waals surface area contributed by atoms with Gasteiger partial charge in [0, 0.05) is 26.2 Å². The van der Waals surface area contributed by atoms with Crippen LogP contribution in [-0.2, 0) is 14.3 Å². The van der Waals surface area contributed by atoms with E-state index in [0.717, 1.165) is 0 Å². The number of benzene rings is 1. The lowest BCUT2D eigenvalue weighted by molar-refractivity contribution is -0.135. The van der Waals surface area contributed by atoms with Crippen LogP contribution in [-0.4, -0.2) is 60.5 Å². The van der Waals surface area contributed by atoms with Gasteiger partial charge in [-0.25, -0.2) is 9.18 Å². The Kier molecular flexibility index (Phi) is 6.11. The topological polar surface area (TPSA) is 79.0 Å². The number of carbonyl (C=O) groups is 3. The Morgan fingerprint density at radius 3 is 2.38 bits per heavy atom. The van der Waals surface area contributed by atoms with Gasteiger partial charge in [0.1, 0.15) is 12.2 Å². The summed E-state index contributed by atoms with van der Waals surface area (Å²) in [6.45, 7) is 3.42. The van der Waals surface area contributed by atoms with Crippen molar-refractivity contribution in [2.75, 3.05) is 38.1 Å². The molecule has 0 atom stereocenters. The number of anilines is 1. The van der Waals surface area contributed by atoms with Gasteiger partial charge in [-0.2, -0.15) is 0 Å². The number of halogens is 1. The fraction of sp³-hybridized carbons (Fsp3) is 0.438. The molecule has 0 unspecified atom stereocenters. The van der Waals surface area contributed by atoms with E-state index in [-0.39, 0.29) is 18.0 Å². The van der Waals surface area contributed by atoms with E-state index < -0.39 is 17.8 Å². The van der Waals surface area contributed by atoms with Gasteiger partial charge in [0.2, 0.25) is 11.8 Å². The number of para-hydroxylation sites is 1. The molecule has 0 saturated carbocycles. The molecule has 0 spiro atoms. The molecule has 130 valence electrons. The Labute approximate surface area is 139 Å². The number of piperazine rings is 1. The van der Waals surface area contributed by atoms with E-state index in [1.807, 2.05) is 0 Å². The Morgan fingerprint density at radius 2 is 1.75 bits per heavy atom. The van der Waals surface area contributed by atoms with Crippen LogP contribution < -0.4 is 5.32 Å². The maximum Gasteiger partial charge on any atom is 0.409 e. The highest BCUT2D eigenvalue weighted by atomic mass is 19.1. The van der Waals surface area contributed by atoms with Gasteiger partial charge >= 0.3 is 6.09 Å². The SMILES string of the molecule is CCOC(=O)N1CCN(C(=O)CC(=O)Nc2ccccc2F)CC1. The molecule has 1 saturated heterocycles. The van der Waals surface area contributed by atoms with Crippen LogP contribution in [0.5, 0.6) is 0 Å². The van der Waals surface area contributed by atoms with E-state index in [0.29, 0.717) is 32.8 Å². The Balaban J connectivity index is 1.80. The van der Waals surface area contributed by atoms with Crippen LogP contribution >= 0.6 is 0 Å². The summed E-state index contributed by atoms with van der Waals surface area (Å²) < 4.78 is 18.4. The van der Waals surface area contributed by atoms with E-state index >= 15 is 0 Å². The van der Waals surface area contributed by atoms with Crippen molar-refractivity contribution in [2.24, 2.45) is 0 Å². The zero-order valence-electron chi connectivity index (χ0n) is 13.5. The van der Waals surface area contributed by atoms with E-state index in [1.54, 1.807) is 13.0 Å². The third-order valence-electron chi connectivity index (χ3n) is 3.62. The summed E-state index contributed by atoms with van der Waals surface area (Å²) in [5, 5.41) is 2.38. The molecule has 1 aliphatic rings. The van der Waals surface area contributed by atoms with Crippen molar-refractivity contribution in [1.82, 2.24) is 9.80 Å². The second kappa shape index (κ2) is 8.28. The second-order valence-electron chi connectivity index (χ2n) is 5.27. The third-order valence-corrected chi connectivity index (χ3v) is 3.62. The van der Waals surface area contributed by atoms with E-state index in [2.05, 4.69) is 5.32 Å². The van der Waals surface area contributed by atoms with Gasteiger partial charge in [-0.15, -0.1) is 0 Å². The quantitative estimate of drug-likeness (QED) is 0.844. The van der Waals surface area contributed by atoms with Crippen LogP contribution in [0.3, 0.4) is 0 Å². The van der Waals surface area contributed by atoms with Crippen LogP contribution in [0.2, 0.25) is 0 Å². The highest BCUT2D eigenvalue weighted by Gasteiger charge is 2.25. The molecule has 24 heavy (non-hydrogen) atoms. The molecule has 8 heteroatoms. The van der Waals surface area contributed by atoms with E-state index in [1.165, 1.54) is 28.0 Å². The molecule has 3 amide bonds. The molecular weight excluding hydrogens is 317 g/mol. The first-order valence-corrected chi connectivity index (χ1v) is 7.75. The fourth-order valence-electron chi connectivity index (χ4n) is 2.36.